The zero-order chi connectivity index (χ0) is 12.3. The first-order valence-electron chi connectivity index (χ1n) is 6.78. The zero-order valence-corrected chi connectivity index (χ0v) is 10.7. The molecule has 1 aliphatic carbocycles. The maximum absolute atomic E-state index is 11.4. The van der Waals surface area contributed by atoms with Crippen molar-refractivity contribution in [2.24, 2.45) is 11.7 Å². The van der Waals surface area contributed by atoms with E-state index in [0.717, 1.165) is 38.8 Å². The third-order valence-corrected chi connectivity index (χ3v) is 4.32. The van der Waals surface area contributed by atoms with Crippen LogP contribution in [-0.2, 0) is 9.53 Å². The van der Waals surface area contributed by atoms with Crippen LogP contribution in [0.15, 0.2) is 0 Å². The fraction of sp³-hybridized carbons (Fsp3) is 0.923. The van der Waals surface area contributed by atoms with Gasteiger partial charge in [0.05, 0.1) is 13.0 Å². The monoisotopic (exact) mass is 240 g/mol. The Morgan fingerprint density at radius 3 is 2.24 bits per heavy atom. The topological polar surface area (TPSA) is 55.6 Å². The summed E-state index contributed by atoms with van der Waals surface area (Å²) >= 11 is 0. The number of nitrogens with two attached hydrogens (primary N) is 1. The molecule has 0 bridgehead atoms. The summed E-state index contributed by atoms with van der Waals surface area (Å²) in [5.74, 6) is 0.0948. The molecule has 98 valence electrons. The van der Waals surface area contributed by atoms with E-state index in [-0.39, 0.29) is 11.9 Å². The number of methoxy groups -OCH3 is 1. The fourth-order valence-corrected chi connectivity index (χ4v) is 3.13. The second kappa shape index (κ2) is 5.83. The third kappa shape index (κ3) is 3.19. The first-order chi connectivity index (χ1) is 8.20. The lowest BCUT2D eigenvalue weighted by atomic mass is 9.88. The van der Waals surface area contributed by atoms with Crippen LogP contribution in [0.4, 0.5) is 0 Å². The molecule has 17 heavy (non-hydrogen) atoms. The van der Waals surface area contributed by atoms with Crippen molar-refractivity contribution in [2.45, 2.75) is 50.6 Å². The predicted molar refractivity (Wildman–Crippen MR) is 66.5 cm³/mol. The van der Waals surface area contributed by atoms with Crippen LogP contribution in [-0.4, -0.2) is 43.2 Å². The predicted octanol–water partition coefficient (Wildman–Crippen LogP) is 1.14. The zero-order valence-electron chi connectivity index (χ0n) is 10.7. The smallest absolute Gasteiger partial charge is 0.308 e. The summed E-state index contributed by atoms with van der Waals surface area (Å²) < 4.78 is 4.81. The summed E-state index contributed by atoms with van der Waals surface area (Å²) in [6, 6.07) is 1.12. The van der Waals surface area contributed by atoms with Crippen LogP contribution in [0.1, 0.15) is 38.5 Å². The van der Waals surface area contributed by atoms with Crippen LogP contribution in [0, 0.1) is 5.92 Å². The SMILES string of the molecule is COC(=O)C1CCN(C2CCC(N)CC2)CC1. The van der Waals surface area contributed by atoms with Gasteiger partial charge >= 0.3 is 5.97 Å². The van der Waals surface area contributed by atoms with Crippen molar-refractivity contribution in [2.75, 3.05) is 20.2 Å². The number of piperidine rings is 1. The maximum atomic E-state index is 11.4. The fourth-order valence-electron chi connectivity index (χ4n) is 3.13. The minimum absolute atomic E-state index is 0.0321. The molecular formula is C13H24N2O2. The van der Waals surface area contributed by atoms with Crippen molar-refractivity contribution in [3.8, 4) is 0 Å². The lowest BCUT2D eigenvalue weighted by Gasteiger charge is -2.39. The average Bonchev–Trinajstić information content (AvgIpc) is 2.39. The molecular weight excluding hydrogens is 216 g/mol. The normalized spacial score (nSPS) is 32.4. The Kier molecular flexibility index (Phi) is 4.40. The van der Waals surface area contributed by atoms with Crippen LogP contribution >= 0.6 is 0 Å². The molecule has 2 N–H and O–H groups in total. The van der Waals surface area contributed by atoms with Gasteiger partial charge in [-0.15, -0.1) is 0 Å². The van der Waals surface area contributed by atoms with E-state index in [0.29, 0.717) is 12.1 Å². The van der Waals surface area contributed by atoms with E-state index in [1.807, 2.05) is 0 Å². The summed E-state index contributed by atoms with van der Waals surface area (Å²) in [4.78, 5) is 14.0. The van der Waals surface area contributed by atoms with Gasteiger partial charge < -0.3 is 15.4 Å². The van der Waals surface area contributed by atoms with Crippen LogP contribution in [0.5, 0.6) is 0 Å². The van der Waals surface area contributed by atoms with Crippen molar-refractivity contribution >= 4 is 5.97 Å². The van der Waals surface area contributed by atoms with Crippen LogP contribution in [0.3, 0.4) is 0 Å². The lowest BCUT2D eigenvalue weighted by Crippen LogP contribution is -2.45. The number of hydrogen-bond donors (Lipinski definition) is 1. The van der Waals surface area contributed by atoms with Gasteiger partial charge in [-0.25, -0.2) is 0 Å². The Balaban J connectivity index is 1.77. The van der Waals surface area contributed by atoms with Gasteiger partial charge in [-0.2, -0.15) is 0 Å². The Hall–Kier alpha value is -0.610. The maximum Gasteiger partial charge on any atom is 0.308 e. The van der Waals surface area contributed by atoms with Crippen molar-refractivity contribution in [1.29, 1.82) is 0 Å². The highest BCUT2D eigenvalue weighted by atomic mass is 16.5. The first-order valence-corrected chi connectivity index (χ1v) is 6.78. The summed E-state index contributed by atoms with van der Waals surface area (Å²) in [7, 11) is 1.48. The Labute approximate surface area is 103 Å². The van der Waals surface area contributed by atoms with Crippen LogP contribution in [0.2, 0.25) is 0 Å². The highest BCUT2D eigenvalue weighted by Gasteiger charge is 2.30. The Morgan fingerprint density at radius 1 is 1.12 bits per heavy atom. The van der Waals surface area contributed by atoms with E-state index < -0.39 is 0 Å². The van der Waals surface area contributed by atoms with Crippen LogP contribution < -0.4 is 5.73 Å². The molecule has 0 aromatic heterocycles. The van der Waals surface area contributed by atoms with Gasteiger partial charge in [0.1, 0.15) is 0 Å². The van der Waals surface area contributed by atoms with Crippen molar-refractivity contribution in [3.05, 3.63) is 0 Å². The van der Waals surface area contributed by atoms with Crippen LogP contribution in [0.25, 0.3) is 0 Å². The van der Waals surface area contributed by atoms with E-state index in [9.17, 15) is 4.79 Å². The van der Waals surface area contributed by atoms with E-state index in [2.05, 4.69) is 4.90 Å². The number of likely N-dealkylation sites (tertiary alicyclic amines) is 1. The number of hydrogen-bond acceptors (Lipinski definition) is 4. The number of esters is 1. The Morgan fingerprint density at radius 2 is 1.71 bits per heavy atom. The second-order valence-electron chi connectivity index (χ2n) is 5.40. The van der Waals surface area contributed by atoms with Gasteiger partial charge in [-0.1, -0.05) is 0 Å². The molecule has 0 atom stereocenters. The lowest BCUT2D eigenvalue weighted by molar-refractivity contribution is -0.147. The molecule has 0 aromatic rings. The van der Waals surface area contributed by atoms with Gasteiger partial charge in [0.15, 0.2) is 0 Å². The van der Waals surface area contributed by atoms with Gasteiger partial charge in [0, 0.05) is 12.1 Å². The molecule has 0 amide bonds. The van der Waals surface area contributed by atoms with Gasteiger partial charge in [-0.3, -0.25) is 4.79 Å². The minimum Gasteiger partial charge on any atom is -0.469 e. The molecule has 2 fully saturated rings. The molecule has 1 saturated carbocycles. The summed E-state index contributed by atoms with van der Waals surface area (Å²) in [6.45, 7) is 2.08. The van der Waals surface area contributed by atoms with E-state index in [1.165, 1.54) is 20.0 Å². The van der Waals surface area contributed by atoms with E-state index in [1.54, 1.807) is 0 Å². The first kappa shape index (κ1) is 12.8. The molecule has 4 nitrogen and oxygen atoms in total. The molecule has 2 aliphatic rings. The van der Waals surface area contributed by atoms with Crippen molar-refractivity contribution < 1.29 is 9.53 Å². The molecule has 1 saturated heterocycles. The number of nitrogens with zero attached hydrogens (tertiary/aromatic N) is 1. The summed E-state index contributed by atoms with van der Waals surface area (Å²) in [5, 5.41) is 0. The number of carbonyl (C=O) groups is 1. The Bertz CT molecular complexity index is 254. The summed E-state index contributed by atoms with van der Waals surface area (Å²) in [6.07, 6.45) is 6.67. The molecule has 0 aromatic carbocycles. The van der Waals surface area contributed by atoms with Crippen molar-refractivity contribution in [3.63, 3.8) is 0 Å². The number of ether oxygens (including phenoxy) is 1. The highest BCUT2D eigenvalue weighted by Crippen LogP contribution is 2.27. The van der Waals surface area contributed by atoms with Gasteiger partial charge in [0.2, 0.25) is 0 Å². The molecule has 4 heteroatoms. The van der Waals surface area contributed by atoms with Gasteiger partial charge in [-0.05, 0) is 51.6 Å². The average molecular weight is 240 g/mol. The molecule has 2 rings (SSSR count). The molecule has 1 heterocycles. The van der Waals surface area contributed by atoms with E-state index in [4.69, 9.17) is 10.5 Å². The number of rotatable bonds is 2. The third-order valence-electron chi connectivity index (χ3n) is 4.32. The van der Waals surface area contributed by atoms with Crippen molar-refractivity contribution in [1.82, 2.24) is 4.90 Å². The number of carbonyl (C=O) groups excluding carboxylic acids is 1. The molecule has 0 spiro atoms. The quantitative estimate of drug-likeness (QED) is 0.735. The largest absolute Gasteiger partial charge is 0.469 e. The highest BCUT2D eigenvalue weighted by molar-refractivity contribution is 5.72. The molecule has 0 unspecified atom stereocenters. The van der Waals surface area contributed by atoms with E-state index >= 15 is 0 Å². The molecule has 0 radical (unpaired) electrons. The van der Waals surface area contributed by atoms with Gasteiger partial charge in [0.25, 0.3) is 0 Å². The minimum atomic E-state index is -0.0321. The standard InChI is InChI=1S/C13H24N2O2/c1-17-13(16)10-6-8-15(9-7-10)12-4-2-11(14)3-5-12/h10-12H,2-9,14H2,1H3. The second-order valence-corrected chi connectivity index (χ2v) is 5.40. The molecule has 1 aliphatic heterocycles. The summed E-state index contributed by atoms with van der Waals surface area (Å²) in [5.41, 5.74) is 5.93.